The maximum atomic E-state index is 11.9. The third-order valence-corrected chi connectivity index (χ3v) is 3.18. The first-order chi connectivity index (χ1) is 9.36. The third kappa shape index (κ3) is 5.71. The van der Waals surface area contributed by atoms with Crippen molar-refractivity contribution in [1.29, 1.82) is 0 Å². The Balaban J connectivity index is 2.56. The Morgan fingerprint density at radius 3 is 2.75 bits per heavy atom. The summed E-state index contributed by atoms with van der Waals surface area (Å²) < 4.78 is 4.96. The van der Waals surface area contributed by atoms with Crippen LogP contribution in [0.4, 0.5) is 5.95 Å². The average molecular weight is 301 g/mol. The predicted molar refractivity (Wildman–Crippen MR) is 78.9 cm³/mol. The molecule has 0 aliphatic heterocycles. The molecule has 1 amide bonds. The van der Waals surface area contributed by atoms with Crippen LogP contribution in [0.1, 0.15) is 33.1 Å². The molecule has 0 fully saturated rings. The summed E-state index contributed by atoms with van der Waals surface area (Å²) in [5.74, 6) is 0.305. The zero-order chi connectivity index (χ0) is 15.2. The van der Waals surface area contributed by atoms with E-state index in [0.717, 1.165) is 12.8 Å². The molecular weight excluding hydrogens is 280 g/mol. The SMILES string of the molecule is COc1cc(Cl)nc(NC(=O)CCC(C)(C)CCN)n1. The lowest BCUT2D eigenvalue weighted by Gasteiger charge is -2.23. The lowest BCUT2D eigenvalue weighted by atomic mass is 9.84. The van der Waals surface area contributed by atoms with Crippen molar-refractivity contribution < 1.29 is 9.53 Å². The molecule has 0 saturated carbocycles. The number of amides is 1. The molecule has 112 valence electrons. The Morgan fingerprint density at radius 1 is 1.45 bits per heavy atom. The van der Waals surface area contributed by atoms with Crippen LogP contribution in [0.5, 0.6) is 5.88 Å². The minimum absolute atomic E-state index is 0.0406. The molecule has 0 spiro atoms. The van der Waals surface area contributed by atoms with Crippen LogP contribution in [0, 0.1) is 5.41 Å². The monoisotopic (exact) mass is 300 g/mol. The minimum atomic E-state index is -0.153. The molecular formula is C13H21ClN4O2. The summed E-state index contributed by atoms with van der Waals surface area (Å²) in [6.45, 7) is 4.79. The highest BCUT2D eigenvalue weighted by atomic mass is 35.5. The first-order valence-corrected chi connectivity index (χ1v) is 6.82. The second-order valence-electron chi connectivity index (χ2n) is 5.31. The van der Waals surface area contributed by atoms with Gasteiger partial charge in [-0.3, -0.25) is 10.1 Å². The van der Waals surface area contributed by atoms with E-state index in [9.17, 15) is 4.79 Å². The van der Waals surface area contributed by atoms with Gasteiger partial charge in [0.25, 0.3) is 0 Å². The smallest absolute Gasteiger partial charge is 0.234 e. The van der Waals surface area contributed by atoms with Gasteiger partial charge < -0.3 is 10.5 Å². The Morgan fingerprint density at radius 2 is 2.15 bits per heavy atom. The van der Waals surface area contributed by atoms with Gasteiger partial charge in [-0.25, -0.2) is 4.98 Å². The Labute approximate surface area is 124 Å². The summed E-state index contributed by atoms with van der Waals surface area (Å²) in [5, 5.41) is 2.83. The van der Waals surface area contributed by atoms with E-state index >= 15 is 0 Å². The van der Waals surface area contributed by atoms with Gasteiger partial charge in [0.05, 0.1) is 7.11 Å². The number of nitrogens with one attached hydrogen (secondary N) is 1. The van der Waals surface area contributed by atoms with Crippen molar-refractivity contribution in [2.24, 2.45) is 11.1 Å². The van der Waals surface area contributed by atoms with E-state index in [-0.39, 0.29) is 22.4 Å². The van der Waals surface area contributed by atoms with Crippen molar-refractivity contribution in [1.82, 2.24) is 9.97 Å². The predicted octanol–water partition coefficient (Wildman–Crippen LogP) is 2.23. The van der Waals surface area contributed by atoms with Gasteiger partial charge in [0.15, 0.2) is 0 Å². The quantitative estimate of drug-likeness (QED) is 0.754. The fourth-order valence-corrected chi connectivity index (χ4v) is 1.89. The van der Waals surface area contributed by atoms with Gasteiger partial charge in [0, 0.05) is 12.5 Å². The molecule has 0 aromatic carbocycles. The number of hydrogen-bond donors (Lipinski definition) is 2. The van der Waals surface area contributed by atoms with Gasteiger partial charge in [0.1, 0.15) is 5.15 Å². The Kier molecular flexibility index (Phi) is 6.16. The minimum Gasteiger partial charge on any atom is -0.481 e. The van der Waals surface area contributed by atoms with Gasteiger partial charge in [0.2, 0.25) is 17.7 Å². The van der Waals surface area contributed by atoms with Gasteiger partial charge in [-0.05, 0) is 24.8 Å². The third-order valence-electron chi connectivity index (χ3n) is 2.98. The standard InChI is InChI=1S/C13H21ClN4O2/c1-13(2,6-7-15)5-4-10(19)17-12-16-9(14)8-11(18-12)20-3/h8H,4-7,15H2,1-3H3,(H,16,17,18,19). The van der Waals surface area contributed by atoms with Crippen LogP contribution in [-0.4, -0.2) is 29.5 Å². The number of ether oxygens (including phenoxy) is 1. The maximum Gasteiger partial charge on any atom is 0.234 e. The molecule has 0 saturated heterocycles. The number of nitrogens with two attached hydrogens (primary N) is 1. The molecule has 0 aliphatic carbocycles. The zero-order valence-electron chi connectivity index (χ0n) is 12.1. The number of hydrogen-bond acceptors (Lipinski definition) is 5. The van der Waals surface area contributed by atoms with E-state index in [1.807, 2.05) is 0 Å². The van der Waals surface area contributed by atoms with Crippen molar-refractivity contribution in [2.75, 3.05) is 19.0 Å². The number of methoxy groups -OCH3 is 1. The molecule has 1 heterocycles. The number of rotatable bonds is 7. The van der Waals surface area contributed by atoms with Crippen LogP contribution < -0.4 is 15.8 Å². The highest BCUT2D eigenvalue weighted by molar-refractivity contribution is 6.29. The molecule has 0 bridgehead atoms. The van der Waals surface area contributed by atoms with Crippen LogP contribution >= 0.6 is 11.6 Å². The molecule has 1 aromatic rings. The Bertz CT molecular complexity index is 466. The lowest BCUT2D eigenvalue weighted by molar-refractivity contribution is -0.116. The second kappa shape index (κ2) is 7.40. The first-order valence-electron chi connectivity index (χ1n) is 6.45. The van der Waals surface area contributed by atoms with Gasteiger partial charge in [-0.2, -0.15) is 4.98 Å². The number of carbonyl (C=O) groups excluding carboxylic acids is 1. The van der Waals surface area contributed by atoms with E-state index in [2.05, 4.69) is 29.1 Å². The summed E-state index contributed by atoms with van der Waals surface area (Å²) in [5.41, 5.74) is 5.58. The van der Waals surface area contributed by atoms with Crippen molar-refractivity contribution in [3.63, 3.8) is 0 Å². The van der Waals surface area contributed by atoms with Crippen molar-refractivity contribution in [3.05, 3.63) is 11.2 Å². The molecule has 0 atom stereocenters. The number of halogens is 1. The van der Waals surface area contributed by atoms with Crippen LogP contribution in [0.2, 0.25) is 5.15 Å². The fraction of sp³-hybridized carbons (Fsp3) is 0.615. The van der Waals surface area contributed by atoms with Crippen LogP contribution in [-0.2, 0) is 4.79 Å². The van der Waals surface area contributed by atoms with E-state index in [4.69, 9.17) is 22.1 Å². The van der Waals surface area contributed by atoms with Crippen molar-refractivity contribution >= 4 is 23.5 Å². The molecule has 7 heteroatoms. The average Bonchev–Trinajstić information content (AvgIpc) is 2.35. The fourth-order valence-electron chi connectivity index (χ4n) is 1.71. The number of aromatic nitrogens is 2. The topological polar surface area (TPSA) is 90.1 Å². The molecule has 3 N–H and O–H groups in total. The highest BCUT2D eigenvalue weighted by Crippen LogP contribution is 2.26. The second-order valence-corrected chi connectivity index (χ2v) is 5.69. The van der Waals surface area contributed by atoms with Crippen LogP contribution in [0.25, 0.3) is 0 Å². The van der Waals surface area contributed by atoms with Gasteiger partial charge in [-0.1, -0.05) is 25.4 Å². The molecule has 0 aliphatic rings. The van der Waals surface area contributed by atoms with Crippen molar-refractivity contribution in [2.45, 2.75) is 33.1 Å². The van der Waals surface area contributed by atoms with E-state index in [0.29, 0.717) is 18.8 Å². The van der Waals surface area contributed by atoms with E-state index in [1.54, 1.807) is 0 Å². The molecule has 0 radical (unpaired) electrons. The molecule has 1 rings (SSSR count). The normalized spacial score (nSPS) is 11.2. The largest absolute Gasteiger partial charge is 0.481 e. The van der Waals surface area contributed by atoms with Gasteiger partial charge >= 0.3 is 0 Å². The zero-order valence-corrected chi connectivity index (χ0v) is 12.8. The first kappa shape index (κ1) is 16.7. The summed E-state index contributed by atoms with van der Waals surface area (Å²) in [6.07, 6.45) is 2.00. The van der Waals surface area contributed by atoms with E-state index < -0.39 is 0 Å². The van der Waals surface area contributed by atoms with Crippen LogP contribution in [0.3, 0.4) is 0 Å². The maximum absolute atomic E-state index is 11.9. The molecule has 1 aromatic heterocycles. The van der Waals surface area contributed by atoms with Crippen LogP contribution in [0.15, 0.2) is 6.07 Å². The lowest BCUT2D eigenvalue weighted by Crippen LogP contribution is -2.21. The summed E-state index contributed by atoms with van der Waals surface area (Å²) in [6, 6.07) is 1.47. The number of anilines is 1. The molecule has 20 heavy (non-hydrogen) atoms. The van der Waals surface area contributed by atoms with Crippen molar-refractivity contribution in [3.8, 4) is 5.88 Å². The summed E-state index contributed by atoms with van der Waals surface area (Å²) in [4.78, 5) is 19.8. The molecule has 0 unspecified atom stereocenters. The highest BCUT2D eigenvalue weighted by Gasteiger charge is 2.18. The number of carbonyl (C=O) groups is 1. The number of nitrogens with zero attached hydrogens (tertiary/aromatic N) is 2. The molecule has 6 nitrogen and oxygen atoms in total. The Hall–Kier alpha value is -1.40. The van der Waals surface area contributed by atoms with E-state index in [1.165, 1.54) is 13.2 Å². The summed E-state index contributed by atoms with van der Waals surface area (Å²) in [7, 11) is 1.47. The summed E-state index contributed by atoms with van der Waals surface area (Å²) >= 11 is 5.81. The van der Waals surface area contributed by atoms with Gasteiger partial charge in [-0.15, -0.1) is 0 Å².